The van der Waals surface area contributed by atoms with Gasteiger partial charge < -0.3 is 19.0 Å². The molecule has 11 nitrogen and oxygen atoms in total. The second-order valence-corrected chi connectivity index (χ2v) is 19.2. The van der Waals surface area contributed by atoms with Gasteiger partial charge in [-0.2, -0.15) is 8.97 Å². The SMILES string of the molecule is CC(C)(C)C1=CC(=CC=CC2=[N+](CCCCCC(=O)ON3C(=O)CCC3=O)c3c(F)c(F)c(F)c(F)c3C2(C)CCCCS(=O)(=O)[O-])c2cc3c4c(c2O1)CCCN4CCC3. The van der Waals surface area contributed by atoms with Gasteiger partial charge in [0.15, 0.2) is 17.3 Å². The molecule has 0 saturated carbocycles. The number of carbonyl (C=O) groups is 3. The van der Waals surface area contributed by atoms with Gasteiger partial charge in [-0.25, -0.2) is 26.4 Å². The van der Waals surface area contributed by atoms with E-state index in [1.165, 1.54) is 21.4 Å². The second kappa shape index (κ2) is 17.1. The highest BCUT2D eigenvalue weighted by atomic mass is 32.2. The monoisotopic (exact) mass is 869 g/mol. The van der Waals surface area contributed by atoms with Crippen molar-refractivity contribution < 1.29 is 59.1 Å². The van der Waals surface area contributed by atoms with Crippen molar-refractivity contribution in [3.05, 3.63) is 81.7 Å². The number of hydrogen-bond donors (Lipinski definition) is 0. The summed E-state index contributed by atoms with van der Waals surface area (Å²) in [6, 6.07) is 2.17. The van der Waals surface area contributed by atoms with Crippen molar-refractivity contribution in [3.63, 3.8) is 0 Å². The number of ether oxygens (including phenoxy) is 1. The Balaban J connectivity index is 1.26. The number of carbonyl (C=O) groups excluding carboxylic acids is 3. The highest BCUT2D eigenvalue weighted by Crippen LogP contribution is 2.50. The maximum Gasteiger partial charge on any atom is 0.333 e. The maximum absolute atomic E-state index is 16.1. The molecule has 16 heteroatoms. The van der Waals surface area contributed by atoms with Gasteiger partial charge in [-0.05, 0) is 81.6 Å². The largest absolute Gasteiger partial charge is 0.748 e. The fourth-order valence-corrected chi connectivity index (χ4v) is 9.79. The normalized spacial score (nSPS) is 20.7. The zero-order chi connectivity index (χ0) is 44.0. The van der Waals surface area contributed by atoms with Crippen molar-refractivity contribution in [2.75, 3.05) is 30.3 Å². The molecule has 7 rings (SSSR count). The Morgan fingerprint density at radius 3 is 2.33 bits per heavy atom. The zero-order valence-corrected chi connectivity index (χ0v) is 35.8. The first-order chi connectivity index (χ1) is 28.8. The number of unbranched alkanes of at least 4 members (excludes halogenated alkanes) is 3. The van der Waals surface area contributed by atoms with Crippen LogP contribution in [0.25, 0.3) is 5.57 Å². The molecule has 0 aromatic heterocycles. The number of hydroxylamine groups is 2. The number of fused-ring (bicyclic) bond motifs is 3. The summed E-state index contributed by atoms with van der Waals surface area (Å²) in [5.74, 6) is -8.27. The number of hydrogen-bond acceptors (Lipinski definition) is 9. The molecule has 0 spiro atoms. The van der Waals surface area contributed by atoms with Crippen LogP contribution in [0.1, 0.15) is 121 Å². The van der Waals surface area contributed by atoms with Crippen LogP contribution < -0.4 is 9.64 Å². The first kappa shape index (κ1) is 44.2. The Kier molecular flexibility index (Phi) is 12.4. The van der Waals surface area contributed by atoms with Crippen LogP contribution in [0.5, 0.6) is 5.75 Å². The Morgan fingerprint density at radius 1 is 0.951 bits per heavy atom. The summed E-state index contributed by atoms with van der Waals surface area (Å²) in [4.78, 5) is 43.6. The molecule has 0 bridgehead atoms. The molecular weight excluding hydrogens is 819 g/mol. The van der Waals surface area contributed by atoms with E-state index in [2.05, 4.69) is 31.7 Å². The maximum atomic E-state index is 16.1. The summed E-state index contributed by atoms with van der Waals surface area (Å²) < 4.78 is 105. The molecule has 0 N–H and O–H groups in total. The third-order valence-corrected chi connectivity index (χ3v) is 13.0. The number of imide groups is 1. The van der Waals surface area contributed by atoms with Crippen LogP contribution in [0.15, 0.2) is 36.1 Å². The first-order valence-electron chi connectivity index (χ1n) is 21.0. The number of benzene rings is 2. The molecule has 5 aliphatic heterocycles. The van der Waals surface area contributed by atoms with Crippen molar-refractivity contribution in [3.8, 4) is 5.75 Å². The van der Waals surface area contributed by atoms with E-state index in [9.17, 15) is 27.4 Å². The predicted octanol–water partition coefficient (Wildman–Crippen LogP) is 8.14. The van der Waals surface area contributed by atoms with Gasteiger partial charge >= 0.3 is 5.97 Å². The van der Waals surface area contributed by atoms with Gasteiger partial charge in [-0.1, -0.05) is 39.3 Å². The van der Waals surface area contributed by atoms with Crippen molar-refractivity contribution >= 4 is 50.6 Å². The van der Waals surface area contributed by atoms with Gasteiger partial charge in [-0.3, -0.25) is 9.59 Å². The lowest BCUT2D eigenvalue weighted by Crippen LogP contribution is -2.35. The minimum atomic E-state index is -4.58. The van der Waals surface area contributed by atoms with Gasteiger partial charge in [0, 0.05) is 72.8 Å². The van der Waals surface area contributed by atoms with Gasteiger partial charge in [0.2, 0.25) is 11.6 Å². The van der Waals surface area contributed by atoms with E-state index in [-0.39, 0.29) is 63.3 Å². The molecule has 2 aromatic carbocycles. The van der Waals surface area contributed by atoms with E-state index < -0.39 is 73.6 Å². The van der Waals surface area contributed by atoms with Crippen LogP contribution in [0.4, 0.5) is 28.9 Å². The second-order valence-electron chi connectivity index (χ2n) is 17.7. The standard InChI is InChI=1S/C45H51F4N3O8S/c1-44(2,3)32-26-27(30-25-28-14-11-21-50-22-12-15-29(41(28)50)43(30)59-32)13-10-16-31-45(4,20-7-9-24-61(56,57)58)36-37(46)38(47)39(48)40(49)42(36)51(31)23-8-5-6-17-35(55)60-52-33(53)18-19-34(52)54/h10,13,16,25-26H,5-9,11-12,14-15,17-24H2,1-4H3. The number of allylic oxidation sites excluding steroid dienone is 6. The molecule has 1 fully saturated rings. The smallest absolute Gasteiger partial charge is 0.333 e. The van der Waals surface area contributed by atoms with Crippen molar-refractivity contribution in [1.82, 2.24) is 5.06 Å². The van der Waals surface area contributed by atoms with Crippen molar-refractivity contribution in [2.24, 2.45) is 5.41 Å². The molecule has 1 atom stereocenters. The summed E-state index contributed by atoms with van der Waals surface area (Å²) in [5.41, 5.74) is 2.91. The molecule has 61 heavy (non-hydrogen) atoms. The first-order valence-corrected chi connectivity index (χ1v) is 22.6. The lowest BCUT2D eigenvalue weighted by molar-refractivity contribution is -0.441. The van der Waals surface area contributed by atoms with E-state index in [4.69, 9.17) is 9.57 Å². The molecule has 1 saturated heterocycles. The van der Waals surface area contributed by atoms with E-state index in [1.807, 2.05) is 12.2 Å². The third kappa shape index (κ3) is 8.79. The topological polar surface area (TPSA) is 136 Å². The van der Waals surface area contributed by atoms with Crippen molar-refractivity contribution in [1.29, 1.82) is 0 Å². The number of amides is 2. The number of nitrogens with zero attached hydrogens (tertiary/aromatic N) is 3. The van der Waals surface area contributed by atoms with Crippen LogP contribution in [0, 0.1) is 28.7 Å². The molecule has 2 aromatic rings. The quantitative estimate of drug-likeness (QED) is 0.0351. The average Bonchev–Trinajstić information content (AvgIpc) is 3.64. The lowest BCUT2D eigenvalue weighted by atomic mass is 9.75. The Morgan fingerprint density at radius 2 is 1.64 bits per heavy atom. The van der Waals surface area contributed by atoms with Crippen LogP contribution in [-0.2, 0) is 47.6 Å². The van der Waals surface area contributed by atoms with Gasteiger partial charge in [0.05, 0.1) is 21.1 Å². The third-order valence-electron chi connectivity index (χ3n) is 12.3. The summed E-state index contributed by atoms with van der Waals surface area (Å²) >= 11 is 0. The van der Waals surface area contributed by atoms with Gasteiger partial charge in [-0.15, -0.1) is 5.06 Å². The molecule has 5 aliphatic rings. The molecular formula is C45H51F4N3O8S. The average molecular weight is 870 g/mol. The lowest BCUT2D eigenvalue weighted by Gasteiger charge is -2.40. The fraction of sp³-hybridized carbons (Fsp3) is 0.511. The van der Waals surface area contributed by atoms with Gasteiger partial charge in [0.25, 0.3) is 17.5 Å². The summed E-state index contributed by atoms with van der Waals surface area (Å²) in [6.07, 6.45) is 11.5. The molecule has 2 amide bonds. The Hall–Kier alpha value is -4.83. The highest BCUT2D eigenvalue weighted by molar-refractivity contribution is 7.85. The van der Waals surface area contributed by atoms with E-state index in [0.29, 0.717) is 17.2 Å². The number of anilines is 1. The van der Waals surface area contributed by atoms with E-state index in [1.54, 1.807) is 19.1 Å². The minimum absolute atomic E-state index is 0.0237. The molecule has 0 radical (unpaired) electrons. The zero-order valence-electron chi connectivity index (χ0n) is 34.9. The minimum Gasteiger partial charge on any atom is -0.748 e. The van der Waals surface area contributed by atoms with Crippen LogP contribution in [0.2, 0.25) is 0 Å². The molecule has 0 aliphatic carbocycles. The summed E-state index contributed by atoms with van der Waals surface area (Å²) in [7, 11) is -4.58. The highest BCUT2D eigenvalue weighted by Gasteiger charge is 2.53. The Bertz CT molecular complexity index is 2400. The van der Waals surface area contributed by atoms with Crippen LogP contribution in [-0.4, -0.2) is 71.5 Å². The van der Waals surface area contributed by atoms with E-state index in [0.717, 1.165) is 61.4 Å². The summed E-state index contributed by atoms with van der Waals surface area (Å²) in [6.45, 7) is 9.68. The molecule has 328 valence electrons. The fourth-order valence-electron chi connectivity index (χ4n) is 9.23. The van der Waals surface area contributed by atoms with Crippen LogP contribution in [0.3, 0.4) is 0 Å². The Labute approximate surface area is 353 Å². The van der Waals surface area contributed by atoms with Crippen LogP contribution >= 0.6 is 0 Å². The number of rotatable bonds is 14. The van der Waals surface area contributed by atoms with Gasteiger partial charge in [0.1, 0.15) is 18.1 Å². The molecule has 5 heterocycles. The number of aryl methyl sites for hydroxylation is 1. The van der Waals surface area contributed by atoms with Crippen molar-refractivity contribution in [2.45, 2.75) is 117 Å². The predicted molar refractivity (Wildman–Crippen MR) is 218 cm³/mol. The number of halogens is 4. The molecule has 1 unspecified atom stereocenters. The van der Waals surface area contributed by atoms with E-state index >= 15 is 17.6 Å². The summed E-state index contributed by atoms with van der Waals surface area (Å²) in [5, 5.41) is 0.459.